The first-order chi connectivity index (χ1) is 8.33. The van der Waals surface area contributed by atoms with Crippen molar-refractivity contribution < 1.29 is 0 Å². The second-order valence-electron chi connectivity index (χ2n) is 3.66. The summed E-state index contributed by atoms with van der Waals surface area (Å²) >= 11 is 9.70. The largest absolute Gasteiger partial charge is 0.121 e. The third kappa shape index (κ3) is 2.99. The number of hydrogen-bond acceptors (Lipinski definition) is 0. The van der Waals surface area contributed by atoms with Crippen LogP contribution < -0.4 is 0 Å². The average Bonchev–Trinajstić information content (AvgIpc) is 2.42. The normalized spacial score (nSPS) is 12.1. The van der Waals surface area contributed by atoms with Gasteiger partial charge in [0.05, 0.1) is 0 Å². The van der Waals surface area contributed by atoms with Gasteiger partial charge < -0.3 is 0 Å². The molecule has 0 fully saturated rings. The Labute approximate surface area is 115 Å². The molecular weight excluding hydrogens is 296 g/mol. The Morgan fingerprint density at radius 2 is 1.29 bits per heavy atom. The molecule has 2 aromatic carbocycles. The number of benzene rings is 2. The van der Waals surface area contributed by atoms with Crippen molar-refractivity contribution in [2.75, 3.05) is 5.88 Å². The maximum atomic E-state index is 6.06. The van der Waals surface area contributed by atoms with Crippen LogP contribution in [0.3, 0.4) is 0 Å². The SMILES string of the molecule is ClC/C(=C(\Br)c1ccccc1)c1ccccc1. The molecule has 0 atom stereocenters. The third-order valence-corrected chi connectivity index (χ3v) is 3.75. The number of hydrogen-bond donors (Lipinski definition) is 0. The fourth-order valence-electron chi connectivity index (χ4n) is 1.66. The molecule has 0 bridgehead atoms. The smallest absolute Gasteiger partial charge is 0.0491 e. The summed E-state index contributed by atoms with van der Waals surface area (Å²) in [6.07, 6.45) is 0. The second kappa shape index (κ2) is 6.04. The lowest BCUT2D eigenvalue weighted by atomic mass is 10.0. The van der Waals surface area contributed by atoms with Gasteiger partial charge in [-0.25, -0.2) is 0 Å². The van der Waals surface area contributed by atoms with Gasteiger partial charge in [0, 0.05) is 10.4 Å². The van der Waals surface area contributed by atoms with Crippen LogP contribution in [0, 0.1) is 0 Å². The molecule has 0 aromatic heterocycles. The van der Waals surface area contributed by atoms with Crippen LogP contribution >= 0.6 is 27.5 Å². The number of halogens is 2. The molecule has 0 nitrogen and oxygen atoms in total. The monoisotopic (exact) mass is 306 g/mol. The van der Waals surface area contributed by atoms with E-state index in [2.05, 4.69) is 40.2 Å². The van der Waals surface area contributed by atoms with Gasteiger partial charge in [0.1, 0.15) is 0 Å². The molecular formula is C15H12BrCl. The maximum Gasteiger partial charge on any atom is 0.0491 e. The zero-order valence-electron chi connectivity index (χ0n) is 9.24. The van der Waals surface area contributed by atoms with Gasteiger partial charge in [0.25, 0.3) is 0 Å². The summed E-state index contributed by atoms with van der Waals surface area (Å²) in [5.41, 5.74) is 3.41. The zero-order chi connectivity index (χ0) is 12.1. The van der Waals surface area contributed by atoms with Crippen LogP contribution in [-0.2, 0) is 0 Å². The molecule has 0 radical (unpaired) electrons. The third-order valence-electron chi connectivity index (χ3n) is 2.55. The van der Waals surface area contributed by atoms with Gasteiger partial charge in [0.2, 0.25) is 0 Å². The van der Waals surface area contributed by atoms with Crippen LogP contribution in [0.25, 0.3) is 10.1 Å². The van der Waals surface area contributed by atoms with Crippen LogP contribution in [-0.4, -0.2) is 5.88 Å². The Morgan fingerprint density at radius 1 is 0.824 bits per heavy atom. The van der Waals surface area contributed by atoms with Gasteiger partial charge in [-0.05, 0) is 32.6 Å². The second-order valence-corrected chi connectivity index (χ2v) is 4.72. The van der Waals surface area contributed by atoms with Crippen molar-refractivity contribution in [3.63, 3.8) is 0 Å². The summed E-state index contributed by atoms with van der Waals surface area (Å²) in [5, 5.41) is 0. The van der Waals surface area contributed by atoms with E-state index in [1.54, 1.807) is 0 Å². The summed E-state index contributed by atoms with van der Waals surface area (Å²) in [4.78, 5) is 0. The molecule has 0 N–H and O–H groups in total. The lowest BCUT2D eigenvalue weighted by molar-refractivity contribution is 1.57. The molecule has 2 aromatic rings. The Kier molecular flexibility index (Phi) is 4.41. The predicted octanol–water partition coefficient (Wildman–Crippen LogP) is 5.19. The minimum atomic E-state index is 0.486. The summed E-state index contributed by atoms with van der Waals surface area (Å²) in [6.45, 7) is 0. The first-order valence-corrected chi connectivity index (χ1v) is 6.71. The highest BCUT2D eigenvalue weighted by atomic mass is 79.9. The lowest BCUT2D eigenvalue weighted by Gasteiger charge is -2.08. The molecule has 0 heterocycles. The highest BCUT2D eigenvalue weighted by molar-refractivity contribution is 9.15. The van der Waals surface area contributed by atoms with E-state index < -0.39 is 0 Å². The van der Waals surface area contributed by atoms with Crippen molar-refractivity contribution in [2.24, 2.45) is 0 Å². The average molecular weight is 308 g/mol. The van der Waals surface area contributed by atoms with E-state index in [4.69, 9.17) is 11.6 Å². The Balaban J connectivity index is 2.48. The van der Waals surface area contributed by atoms with Crippen molar-refractivity contribution >= 4 is 37.6 Å². The van der Waals surface area contributed by atoms with Crippen molar-refractivity contribution in [1.82, 2.24) is 0 Å². The molecule has 0 amide bonds. The number of rotatable bonds is 3. The van der Waals surface area contributed by atoms with E-state index >= 15 is 0 Å². The number of alkyl halides is 1. The van der Waals surface area contributed by atoms with Gasteiger partial charge in [-0.1, -0.05) is 60.7 Å². The standard InChI is InChI=1S/C15H12BrCl/c16-15(13-9-5-2-6-10-13)14(11-17)12-7-3-1-4-8-12/h1-10H,11H2/b15-14+. The van der Waals surface area contributed by atoms with Crippen LogP contribution in [0.1, 0.15) is 11.1 Å². The van der Waals surface area contributed by atoms with Gasteiger partial charge in [0.15, 0.2) is 0 Å². The highest BCUT2D eigenvalue weighted by Crippen LogP contribution is 2.31. The Bertz CT molecular complexity index is 503. The van der Waals surface area contributed by atoms with Crippen LogP contribution in [0.4, 0.5) is 0 Å². The number of allylic oxidation sites excluding steroid dienone is 1. The Hall–Kier alpha value is -1.05. The molecule has 0 aliphatic carbocycles. The topological polar surface area (TPSA) is 0 Å². The molecule has 0 spiro atoms. The van der Waals surface area contributed by atoms with Crippen molar-refractivity contribution in [2.45, 2.75) is 0 Å². The van der Waals surface area contributed by atoms with Gasteiger partial charge >= 0.3 is 0 Å². The summed E-state index contributed by atoms with van der Waals surface area (Å²) < 4.78 is 1.05. The van der Waals surface area contributed by atoms with Crippen LogP contribution in [0.2, 0.25) is 0 Å². The zero-order valence-corrected chi connectivity index (χ0v) is 11.6. The van der Waals surface area contributed by atoms with Crippen molar-refractivity contribution in [1.29, 1.82) is 0 Å². The van der Waals surface area contributed by atoms with E-state index in [9.17, 15) is 0 Å². The molecule has 0 saturated heterocycles. The maximum absolute atomic E-state index is 6.06. The summed E-state index contributed by atoms with van der Waals surface area (Å²) in [6, 6.07) is 20.4. The first kappa shape index (κ1) is 12.4. The minimum Gasteiger partial charge on any atom is -0.121 e. The van der Waals surface area contributed by atoms with Gasteiger partial charge in [-0.15, -0.1) is 11.6 Å². The van der Waals surface area contributed by atoms with Crippen LogP contribution in [0.5, 0.6) is 0 Å². The van der Waals surface area contributed by atoms with Gasteiger partial charge in [-0.3, -0.25) is 0 Å². The molecule has 0 unspecified atom stereocenters. The van der Waals surface area contributed by atoms with E-state index in [0.717, 1.165) is 21.2 Å². The quantitative estimate of drug-likeness (QED) is 0.541. The highest BCUT2D eigenvalue weighted by Gasteiger charge is 2.07. The predicted molar refractivity (Wildman–Crippen MR) is 79.3 cm³/mol. The molecule has 2 heteroatoms. The molecule has 0 aliphatic rings. The molecule has 86 valence electrons. The van der Waals surface area contributed by atoms with Crippen molar-refractivity contribution in [3.8, 4) is 0 Å². The molecule has 17 heavy (non-hydrogen) atoms. The summed E-state index contributed by atoms with van der Waals surface area (Å²) in [7, 11) is 0. The van der Waals surface area contributed by atoms with Crippen molar-refractivity contribution in [3.05, 3.63) is 71.8 Å². The fourth-order valence-corrected chi connectivity index (χ4v) is 2.74. The first-order valence-electron chi connectivity index (χ1n) is 5.38. The van der Waals surface area contributed by atoms with E-state index in [1.807, 2.05) is 36.4 Å². The molecule has 0 aliphatic heterocycles. The van der Waals surface area contributed by atoms with E-state index in [-0.39, 0.29) is 0 Å². The lowest BCUT2D eigenvalue weighted by Crippen LogP contribution is -1.89. The van der Waals surface area contributed by atoms with Crippen LogP contribution in [0.15, 0.2) is 60.7 Å². The molecule has 2 rings (SSSR count). The van der Waals surface area contributed by atoms with E-state index in [0.29, 0.717) is 5.88 Å². The minimum absolute atomic E-state index is 0.486. The Morgan fingerprint density at radius 3 is 1.76 bits per heavy atom. The molecule has 0 saturated carbocycles. The van der Waals surface area contributed by atoms with E-state index in [1.165, 1.54) is 0 Å². The fraction of sp³-hybridized carbons (Fsp3) is 0.0667. The van der Waals surface area contributed by atoms with Gasteiger partial charge in [-0.2, -0.15) is 0 Å². The summed E-state index contributed by atoms with van der Waals surface area (Å²) in [5.74, 6) is 0.486.